The highest BCUT2D eigenvalue weighted by Crippen LogP contribution is 2.51. The minimum absolute atomic E-state index is 0.110. The van der Waals surface area contributed by atoms with Crippen LogP contribution in [0.25, 0.3) is 94.3 Å². The van der Waals surface area contributed by atoms with Gasteiger partial charge in [0.15, 0.2) is 5.82 Å². The van der Waals surface area contributed by atoms with Gasteiger partial charge in [0.25, 0.3) is 0 Å². The molecule has 0 aliphatic heterocycles. The van der Waals surface area contributed by atoms with Gasteiger partial charge >= 0.3 is 0 Å². The number of para-hydroxylation sites is 2. The number of aromatic nitrogens is 3. The Morgan fingerprint density at radius 3 is 1.79 bits per heavy atom. The molecule has 2 heterocycles. The second-order valence-electron chi connectivity index (χ2n) is 15.4. The van der Waals surface area contributed by atoms with E-state index in [0.717, 1.165) is 22.6 Å². The molecule has 2 aromatic heterocycles. The summed E-state index contributed by atoms with van der Waals surface area (Å²) in [5, 5.41) is 5.05. The number of benzene rings is 8. The maximum atomic E-state index is 5.21. The van der Waals surface area contributed by atoms with Crippen molar-refractivity contribution in [2.75, 3.05) is 0 Å². The first-order chi connectivity index (χ1) is 27.5. The molecule has 8 aromatic carbocycles. The highest BCUT2D eigenvalue weighted by Gasteiger charge is 2.36. The SMILES string of the molecule is CC1(C)c2ccc(-c3ccc4c5ccccc5n(-c5ccccc5)c4c3)cc2-c2cc(-c3ncc4c(n3)-c3cccc5cccc-4c35)ccc21.c1ccccc1. The van der Waals surface area contributed by atoms with E-state index in [1.54, 1.807) is 0 Å². The van der Waals surface area contributed by atoms with Crippen molar-refractivity contribution in [3.05, 3.63) is 199 Å². The summed E-state index contributed by atoms with van der Waals surface area (Å²) < 4.78 is 2.39. The Morgan fingerprint density at radius 1 is 0.446 bits per heavy atom. The molecule has 0 fully saturated rings. The Bertz CT molecular complexity index is 3120. The van der Waals surface area contributed by atoms with Crippen LogP contribution in [0.15, 0.2) is 188 Å². The minimum Gasteiger partial charge on any atom is -0.309 e. The Labute approximate surface area is 326 Å². The average Bonchev–Trinajstić information content (AvgIpc) is 3.85. The summed E-state index contributed by atoms with van der Waals surface area (Å²) in [6, 6.07) is 65.1. The van der Waals surface area contributed by atoms with Crippen molar-refractivity contribution in [1.82, 2.24) is 14.5 Å². The molecule has 0 spiro atoms. The van der Waals surface area contributed by atoms with E-state index in [1.807, 2.05) is 42.6 Å². The smallest absolute Gasteiger partial charge is 0.159 e. The Hall–Kier alpha value is -7.10. The van der Waals surface area contributed by atoms with Gasteiger partial charge in [0.05, 0.1) is 16.7 Å². The van der Waals surface area contributed by atoms with Crippen LogP contribution in [0, 0.1) is 0 Å². The molecule has 0 atom stereocenters. The van der Waals surface area contributed by atoms with Crippen LogP contribution in [0.2, 0.25) is 0 Å². The monoisotopic (exact) mass is 715 g/mol. The van der Waals surface area contributed by atoms with Crippen LogP contribution in [-0.4, -0.2) is 14.5 Å². The lowest BCUT2D eigenvalue weighted by molar-refractivity contribution is 0.660. The Kier molecular flexibility index (Phi) is 7.20. The van der Waals surface area contributed by atoms with Crippen LogP contribution in [0.3, 0.4) is 0 Å². The first-order valence-electron chi connectivity index (χ1n) is 19.3. The van der Waals surface area contributed by atoms with E-state index in [9.17, 15) is 0 Å². The fourth-order valence-electron chi connectivity index (χ4n) is 9.16. The van der Waals surface area contributed by atoms with E-state index in [4.69, 9.17) is 9.97 Å². The number of nitrogens with zero attached hydrogens (tertiary/aromatic N) is 3. The highest BCUT2D eigenvalue weighted by molar-refractivity contribution is 6.14. The topological polar surface area (TPSA) is 30.7 Å². The van der Waals surface area contributed by atoms with Crippen LogP contribution in [0.4, 0.5) is 0 Å². The number of hydrogen-bond donors (Lipinski definition) is 0. The van der Waals surface area contributed by atoms with Crippen molar-refractivity contribution in [1.29, 1.82) is 0 Å². The number of fused-ring (bicyclic) bond motifs is 9. The largest absolute Gasteiger partial charge is 0.309 e. The third kappa shape index (κ3) is 4.91. The first-order valence-corrected chi connectivity index (χ1v) is 19.3. The minimum atomic E-state index is -0.110. The molecular formula is C53H37N3. The summed E-state index contributed by atoms with van der Waals surface area (Å²) in [6.45, 7) is 4.68. The van der Waals surface area contributed by atoms with Crippen molar-refractivity contribution in [2.24, 2.45) is 0 Å². The molecule has 0 saturated heterocycles. The van der Waals surface area contributed by atoms with Crippen molar-refractivity contribution >= 4 is 32.6 Å². The van der Waals surface area contributed by atoms with Crippen molar-refractivity contribution < 1.29 is 0 Å². The Balaban J connectivity index is 0.000000557. The van der Waals surface area contributed by atoms with Crippen molar-refractivity contribution in [3.63, 3.8) is 0 Å². The lowest BCUT2D eigenvalue weighted by atomic mass is 9.82. The third-order valence-corrected chi connectivity index (χ3v) is 11.9. The van der Waals surface area contributed by atoms with Gasteiger partial charge in [-0.05, 0) is 86.1 Å². The zero-order valence-electron chi connectivity index (χ0n) is 31.2. The molecule has 10 aromatic rings. The second-order valence-corrected chi connectivity index (χ2v) is 15.4. The summed E-state index contributed by atoms with van der Waals surface area (Å²) in [5.74, 6) is 0.762. The molecule has 0 N–H and O–H groups in total. The maximum Gasteiger partial charge on any atom is 0.159 e. The summed E-state index contributed by atoms with van der Waals surface area (Å²) in [6.07, 6.45) is 2.01. The molecule has 0 radical (unpaired) electrons. The number of rotatable bonds is 3. The third-order valence-electron chi connectivity index (χ3n) is 11.9. The fraction of sp³-hybridized carbons (Fsp3) is 0.0566. The summed E-state index contributed by atoms with van der Waals surface area (Å²) in [5.41, 5.74) is 16.7. The standard InChI is InChI=1S/C47H31N3.C6H6/c1-47(2)40-22-19-29(30-18-21-34-33-14-6-7-17-42(33)50(43(34)26-30)32-12-4-3-5-13-32)24-37(40)38-25-31(20-23-41(38)47)46-48-27-39-35-15-8-10-28-11-9-16-36(44(28)35)45(39)49-46;1-2-4-6-5-3-1/h3-27H,1-2H3;1-6H. The van der Waals surface area contributed by atoms with Gasteiger partial charge in [-0.1, -0.05) is 159 Å². The molecule has 3 heteroatoms. The molecule has 0 amide bonds. The van der Waals surface area contributed by atoms with Gasteiger partial charge in [0.1, 0.15) is 0 Å². The highest BCUT2D eigenvalue weighted by atomic mass is 15.0. The fourth-order valence-corrected chi connectivity index (χ4v) is 9.16. The maximum absolute atomic E-state index is 5.21. The quantitative estimate of drug-likeness (QED) is 0.182. The van der Waals surface area contributed by atoms with Gasteiger partial charge in [0.2, 0.25) is 0 Å². The van der Waals surface area contributed by atoms with Gasteiger partial charge in [-0.3, -0.25) is 0 Å². The van der Waals surface area contributed by atoms with Crippen LogP contribution in [-0.2, 0) is 5.41 Å². The van der Waals surface area contributed by atoms with E-state index >= 15 is 0 Å². The zero-order valence-corrected chi connectivity index (χ0v) is 31.2. The lowest BCUT2D eigenvalue weighted by Crippen LogP contribution is -2.14. The molecule has 3 nitrogen and oxygen atoms in total. The van der Waals surface area contributed by atoms with E-state index in [0.29, 0.717) is 0 Å². The average molecular weight is 716 g/mol. The molecule has 2 aliphatic carbocycles. The van der Waals surface area contributed by atoms with Crippen LogP contribution in [0.1, 0.15) is 25.0 Å². The normalized spacial score (nSPS) is 13.0. The predicted octanol–water partition coefficient (Wildman–Crippen LogP) is 13.7. The molecule has 56 heavy (non-hydrogen) atoms. The molecule has 0 bridgehead atoms. The van der Waals surface area contributed by atoms with Gasteiger partial charge in [0, 0.05) is 44.8 Å². The lowest BCUT2D eigenvalue weighted by Gasteiger charge is -2.21. The van der Waals surface area contributed by atoms with Gasteiger partial charge in [-0.2, -0.15) is 0 Å². The Morgan fingerprint density at radius 2 is 1.04 bits per heavy atom. The van der Waals surface area contributed by atoms with Gasteiger partial charge in [-0.15, -0.1) is 0 Å². The van der Waals surface area contributed by atoms with Crippen molar-refractivity contribution in [3.8, 4) is 61.7 Å². The first kappa shape index (κ1) is 32.3. The molecule has 0 unspecified atom stereocenters. The van der Waals surface area contributed by atoms with Crippen LogP contribution < -0.4 is 0 Å². The van der Waals surface area contributed by atoms with Crippen molar-refractivity contribution in [2.45, 2.75) is 19.3 Å². The van der Waals surface area contributed by atoms with E-state index in [1.165, 1.54) is 82.8 Å². The molecule has 12 rings (SSSR count). The van der Waals surface area contributed by atoms with Crippen LogP contribution in [0.5, 0.6) is 0 Å². The molecule has 2 aliphatic rings. The van der Waals surface area contributed by atoms with Gasteiger partial charge in [-0.25, -0.2) is 9.97 Å². The second kappa shape index (κ2) is 12.5. The van der Waals surface area contributed by atoms with Gasteiger partial charge < -0.3 is 4.57 Å². The van der Waals surface area contributed by atoms with Crippen LogP contribution >= 0.6 is 0 Å². The zero-order chi connectivity index (χ0) is 37.4. The number of hydrogen-bond acceptors (Lipinski definition) is 2. The molecule has 264 valence electrons. The van der Waals surface area contributed by atoms with E-state index in [2.05, 4.69) is 164 Å². The summed E-state index contributed by atoms with van der Waals surface area (Å²) in [7, 11) is 0. The molecule has 0 saturated carbocycles. The summed E-state index contributed by atoms with van der Waals surface area (Å²) >= 11 is 0. The summed E-state index contributed by atoms with van der Waals surface area (Å²) in [4.78, 5) is 10.2. The predicted molar refractivity (Wildman–Crippen MR) is 233 cm³/mol. The van der Waals surface area contributed by atoms with E-state index in [-0.39, 0.29) is 5.41 Å². The van der Waals surface area contributed by atoms with E-state index < -0.39 is 0 Å². The molecular weight excluding hydrogens is 679 g/mol.